The van der Waals surface area contributed by atoms with Gasteiger partial charge in [-0.1, -0.05) is 17.7 Å². The smallest absolute Gasteiger partial charge is 0.243 e. The van der Waals surface area contributed by atoms with Gasteiger partial charge in [-0.3, -0.25) is 0 Å². The third kappa shape index (κ3) is 3.50. The van der Waals surface area contributed by atoms with E-state index in [4.69, 9.17) is 5.73 Å². The van der Waals surface area contributed by atoms with Crippen molar-refractivity contribution >= 4 is 21.4 Å². The van der Waals surface area contributed by atoms with Crippen molar-refractivity contribution in [3.63, 3.8) is 0 Å². The second-order valence-electron chi connectivity index (χ2n) is 6.71. The lowest BCUT2D eigenvalue weighted by Crippen LogP contribution is -2.49. The molecular formula is C19H25N3O2S. The Labute approximate surface area is 150 Å². The fraction of sp³-hybridized carbons (Fsp3) is 0.368. The molecule has 25 heavy (non-hydrogen) atoms. The normalized spacial score (nSPS) is 16.2. The van der Waals surface area contributed by atoms with Crippen LogP contribution in [0.25, 0.3) is 0 Å². The van der Waals surface area contributed by atoms with Crippen molar-refractivity contribution in [3.05, 3.63) is 53.1 Å². The van der Waals surface area contributed by atoms with Crippen LogP contribution in [0.5, 0.6) is 0 Å². The Balaban J connectivity index is 1.77. The SMILES string of the molecule is Cc1cc(C)c(N2CCN(S(=O)(=O)c3ccc(N)cc3)CC2)c(C)c1. The number of nitrogens with zero attached hydrogens (tertiary/aromatic N) is 2. The standard InChI is InChI=1S/C19H25N3O2S/c1-14-12-15(2)19(16(3)13-14)21-8-10-22(11-9-21)25(23,24)18-6-4-17(20)5-7-18/h4-7,12-13H,8-11,20H2,1-3H3. The van der Waals surface area contributed by atoms with Crippen LogP contribution in [0.3, 0.4) is 0 Å². The van der Waals surface area contributed by atoms with Crippen LogP contribution < -0.4 is 10.6 Å². The third-order valence-electron chi connectivity index (χ3n) is 4.71. The van der Waals surface area contributed by atoms with Gasteiger partial charge in [0.25, 0.3) is 0 Å². The summed E-state index contributed by atoms with van der Waals surface area (Å²) in [6.07, 6.45) is 0. The molecule has 0 bridgehead atoms. The summed E-state index contributed by atoms with van der Waals surface area (Å²) in [5, 5.41) is 0. The molecule has 0 unspecified atom stereocenters. The van der Waals surface area contributed by atoms with Crippen LogP contribution in [0.15, 0.2) is 41.3 Å². The predicted molar refractivity (Wildman–Crippen MR) is 102 cm³/mol. The summed E-state index contributed by atoms with van der Waals surface area (Å²) in [6, 6.07) is 10.8. The molecule has 1 fully saturated rings. The highest BCUT2D eigenvalue weighted by Gasteiger charge is 2.29. The number of nitrogen functional groups attached to an aromatic ring is 1. The summed E-state index contributed by atoms with van der Waals surface area (Å²) in [5.41, 5.74) is 11.2. The molecule has 2 aromatic carbocycles. The lowest BCUT2D eigenvalue weighted by Gasteiger charge is -2.37. The van der Waals surface area contributed by atoms with E-state index < -0.39 is 10.0 Å². The summed E-state index contributed by atoms with van der Waals surface area (Å²) in [5.74, 6) is 0. The highest BCUT2D eigenvalue weighted by Crippen LogP contribution is 2.28. The van der Waals surface area contributed by atoms with Crippen molar-refractivity contribution in [2.24, 2.45) is 0 Å². The van der Waals surface area contributed by atoms with E-state index >= 15 is 0 Å². The highest BCUT2D eigenvalue weighted by molar-refractivity contribution is 7.89. The first kappa shape index (κ1) is 17.8. The van der Waals surface area contributed by atoms with E-state index in [0.717, 1.165) is 0 Å². The van der Waals surface area contributed by atoms with E-state index in [9.17, 15) is 8.42 Å². The topological polar surface area (TPSA) is 66.6 Å². The number of hydrogen-bond acceptors (Lipinski definition) is 4. The molecule has 0 aliphatic carbocycles. The van der Waals surface area contributed by atoms with Crippen LogP contribution in [0.4, 0.5) is 11.4 Å². The maximum absolute atomic E-state index is 12.8. The molecule has 1 aliphatic heterocycles. The van der Waals surface area contributed by atoms with Crippen molar-refractivity contribution in [3.8, 4) is 0 Å². The molecule has 2 aromatic rings. The molecule has 0 radical (unpaired) electrons. The number of benzene rings is 2. The molecule has 0 spiro atoms. The average Bonchev–Trinajstić information content (AvgIpc) is 2.55. The van der Waals surface area contributed by atoms with E-state index in [1.807, 2.05) is 0 Å². The molecule has 0 amide bonds. The zero-order chi connectivity index (χ0) is 18.2. The van der Waals surface area contributed by atoms with Gasteiger partial charge in [0, 0.05) is 37.6 Å². The van der Waals surface area contributed by atoms with Crippen molar-refractivity contribution in [2.45, 2.75) is 25.7 Å². The van der Waals surface area contributed by atoms with Gasteiger partial charge in [0.15, 0.2) is 0 Å². The van der Waals surface area contributed by atoms with Crippen LogP contribution in [-0.2, 0) is 10.0 Å². The zero-order valence-electron chi connectivity index (χ0n) is 15.0. The largest absolute Gasteiger partial charge is 0.399 e. The number of sulfonamides is 1. The average molecular weight is 359 g/mol. The monoisotopic (exact) mass is 359 g/mol. The fourth-order valence-electron chi connectivity index (χ4n) is 3.61. The fourth-order valence-corrected chi connectivity index (χ4v) is 5.03. The second kappa shape index (κ2) is 6.69. The van der Waals surface area contributed by atoms with E-state index in [0.29, 0.717) is 36.8 Å². The molecule has 3 rings (SSSR count). The maximum Gasteiger partial charge on any atom is 0.243 e. The number of hydrogen-bond donors (Lipinski definition) is 1. The number of nitrogens with two attached hydrogens (primary N) is 1. The summed E-state index contributed by atoms with van der Waals surface area (Å²) < 4.78 is 27.1. The molecule has 0 aromatic heterocycles. The quantitative estimate of drug-likeness (QED) is 0.856. The molecule has 1 heterocycles. The minimum absolute atomic E-state index is 0.304. The molecule has 1 aliphatic rings. The first-order chi connectivity index (χ1) is 11.8. The molecule has 134 valence electrons. The van der Waals surface area contributed by atoms with Crippen LogP contribution in [0, 0.1) is 20.8 Å². The molecule has 0 atom stereocenters. The first-order valence-electron chi connectivity index (χ1n) is 8.47. The third-order valence-corrected chi connectivity index (χ3v) is 6.62. The van der Waals surface area contributed by atoms with Gasteiger partial charge in [-0.15, -0.1) is 0 Å². The van der Waals surface area contributed by atoms with Crippen LogP contribution in [0.2, 0.25) is 0 Å². The van der Waals surface area contributed by atoms with Crippen LogP contribution >= 0.6 is 0 Å². The van der Waals surface area contributed by atoms with Gasteiger partial charge in [0.05, 0.1) is 4.90 Å². The minimum Gasteiger partial charge on any atom is -0.399 e. The number of aryl methyl sites for hydroxylation is 3. The van der Waals surface area contributed by atoms with Gasteiger partial charge >= 0.3 is 0 Å². The van der Waals surface area contributed by atoms with Crippen molar-refractivity contribution in [1.29, 1.82) is 0 Å². The van der Waals surface area contributed by atoms with E-state index in [1.165, 1.54) is 22.4 Å². The lowest BCUT2D eigenvalue weighted by molar-refractivity contribution is 0.384. The first-order valence-corrected chi connectivity index (χ1v) is 9.91. The Hall–Kier alpha value is -2.05. The molecular weight excluding hydrogens is 334 g/mol. The Morgan fingerprint density at radius 3 is 1.92 bits per heavy atom. The summed E-state index contributed by atoms with van der Waals surface area (Å²) in [7, 11) is -3.46. The molecule has 0 saturated carbocycles. The molecule has 2 N–H and O–H groups in total. The van der Waals surface area contributed by atoms with Gasteiger partial charge < -0.3 is 10.6 Å². The van der Waals surface area contributed by atoms with Crippen molar-refractivity contribution < 1.29 is 8.42 Å². The highest BCUT2D eigenvalue weighted by atomic mass is 32.2. The summed E-state index contributed by atoms with van der Waals surface area (Å²) >= 11 is 0. The summed E-state index contributed by atoms with van der Waals surface area (Å²) in [4.78, 5) is 2.59. The zero-order valence-corrected chi connectivity index (χ0v) is 15.8. The van der Waals surface area contributed by atoms with Gasteiger partial charge in [0.2, 0.25) is 10.0 Å². The molecule has 6 heteroatoms. The van der Waals surface area contributed by atoms with Crippen LogP contribution in [-0.4, -0.2) is 38.9 Å². The van der Waals surface area contributed by atoms with Crippen molar-refractivity contribution in [2.75, 3.05) is 36.8 Å². The van der Waals surface area contributed by atoms with Gasteiger partial charge in [-0.2, -0.15) is 4.31 Å². The summed E-state index contributed by atoms with van der Waals surface area (Å²) in [6.45, 7) is 8.69. The predicted octanol–water partition coefficient (Wildman–Crippen LogP) is 2.70. The number of piperazine rings is 1. The van der Waals surface area contributed by atoms with E-state index in [1.54, 1.807) is 28.6 Å². The number of anilines is 2. The number of rotatable bonds is 3. The van der Waals surface area contributed by atoms with Gasteiger partial charge in [0.1, 0.15) is 0 Å². The Kier molecular flexibility index (Phi) is 4.75. The maximum atomic E-state index is 12.8. The Morgan fingerprint density at radius 2 is 1.40 bits per heavy atom. The molecule has 1 saturated heterocycles. The van der Waals surface area contributed by atoms with E-state index in [2.05, 4.69) is 37.8 Å². The Morgan fingerprint density at radius 1 is 0.880 bits per heavy atom. The van der Waals surface area contributed by atoms with Gasteiger partial charge in [-0.25, -0.2) is 8.42 Å². The lowest BCUT2D eigenvalue weighted by atomic mass is 10.0. The van der Waals surface area contributed by atoms with E-state index in [-0.39, 0.29) is 0 Å². The minimum atomic E-state index is -3.46. The van der Waals surface area contributed by atoms with Gasteiger partial charge in [-0.05, 0) is 56.2 Å². The van der Waals surface area contributed by atoms with Crippen molar-refractivity contribution in [1.82, 2.24) is 4.31 Å². The van der Waals surface area contributed by atoms with Crippen LogP contribution in [0.1, 0.15) is 16.7 Å². The Bertz CT molecular complexity index is 845. The second-order valence-corrected chi connectivity index (χ2v) is 8.65. The molecule has 5 nitrogen and oxygen atoms in total.